The number of hydrogen-bond donors (Lipinski definition) is 1. The van der Waals surface area contributed by atoms with Gasteiger partial charge in [-0.2, -0.15) is 4.31 Å². The number of aromatic nitrogens is 1. The molecule has 140 valence electrons. The normalized spacial score (nSPS) is 19.0. The van der Waals surface area contributed by atoms with Crippen LogP contribution in [-0.2, 0) is 21.2 Å². The average Bonchev–Trinajstić information content (AvgIpc) is 2.88. The summed E-state index contributed by atoms with van der Waals surface area (Å²) >= 11 is 0. The van der Waals surface area contributed by atoms with Crippen LogP contribution in [0, 0.1) is 6.92 Å². The highest BCUT2D eigenvalue weighted by atomic mass is 32.2. The van der Waals surface area contributed by atoms with Gasteiger partial charge in [-0.25, -0.2) is 8.42 Å². The van der Waals surface area contributed by atoms with Crippen LogP contribution in [0.4, 0.5) is 0 Å². The Morgan fingerprint density at radius 2 is 2.08 bits per heavy atom. The molecule has 1 aromatic heterocycles. The van der Waals surface area contributed by atoms with Crippen molar-refractivity contribution < 1.29 is 17.7 Å². The Hall–Kier alpha value is -2.19. The Kier molecular flexibility index (Phi) is 5.73. The summed E-state index contributed by atoms with van der Waals surface area (Å²) in [4.78, 5) is 12.5. The van der Waals surface area contributed by atoms with Crippen molar-refractivity contribution in [1.82, 2.24) is 14.8 Å². The van der Waals surface area contributed by atoms with Crippen molar-refractivity contribution in [1.29, 1.82) is 0 Å². The van der Waals surface area contributed by atoms with Gasteiger partial charge in [0.05, 0.1) is 17.0 Å². The molecule has 2 aromatic rings. The van der Waals surface area contributed by atoms with Gasteiger partial charge < -0.3 is 9.84 Å². The molecule has 1 amide bonds. The maximum Gasteiger partial charge on any atom is 0.243 e. The molecule has 1 aliphatic heterocycles. The van der Waals surface area contributed by atoms with Crippen molar-refractivity contribution in [2.24, 2.45) is 0 Å². The predicted molar refractivity (Wildman–Crippen MR) is 95.9 cm³/mol. The standard InChI is InChI=1S/C18H23N3O4S/c1-14-11-16(25-20-14)12-18(22)19-15-7-5-6-10-21(13-15)26(23,24)17-8-3-2-4-9-17/h2-4,8-9,11,15H,5-7,10,12-13H2,1H3,(H,19,22)/t15-/m1/s1. The first kappa shape index (κ1) is 18.6. The zero-order valence-electron chi connectivity index (χ0n) is 14.7. The van der Waals surface area contributed by atoms with Crippen LogP contribution >= 0.6 is 0 Å². The molecule has 3 rings (SSSR count). The maximum atomic E-state index is 12.9. The lowest BCUT2D eigenvalue weighted by Crippen LogP contribution is -2.45. The summed E-state index contributed by atoms with van der Waals surface area (Å²) in [6, 6.07) is 9.91. The van der Waals surface area contributed by atoms with E-state index in [1.807, 2.05) is 0 Å². The van der Waals surface area contributed by atoms with E-state index in [9.17, 15) is 13.2 Å². The van der Waals surface area contributed by atoms with E-state index in [1.165, 1.54) is 4.31 Å². The van der Waals surface area contributed by atoms with Crippen LogP contribution < -0.4 is 5.32 Å². The molecule has 1 aromatic carbocycles. The fourth-order valence-electron chi connectivity index (χ4n) is 3.12. The minimum absolute atomic E-state index is 0.1000. The largest absolute Gasteiger partial charge is 0.361 e. The smallest absolute Gasteiger partial charge is 0.243 e. The molecule has 0 spiro atoms. The van der Waals surface area contributed by atoms with Crippen LogP contribution in [0.1, 0.15) is 30.7 Å². The SMILES string of the molecule is Cc1cc(CC(=O)N[C@@H]2CCCCN(S(=O)(=O)c3ccccc3)C2)on1. The van der Waals surface area contributed by atoms with E-state index < -0.39 is 10.0 Å². The van der Waals surface area contributed by atoms with Crippen molar-refractivity contribution in [3.8, 4) is 0 Å². The Balaban J connectivity index is 1.66. The highest BCUT2D eigenvalue weighted by Crippen LogP contribution is 2.20. The molecule has 1 atom stereocenters. The summed E-state index contributed by atoms with van der Waals surface area (Å²) < 4.78 is 32.2. The van der Waals surface area contributed by atoms with E-state index in [2.05, 4.69) is 10.5 Å². The highest BCUT2D eigenvalue weighted by molar-refractivity contribution is 7.89. The van der Waals surface area contributed by atoms with Gasteiger partial charge in [-0.15, -0.1) is 0 Å². The Bertz CT molecular complexity index is 848. The van der Waals surface area contributed by atoms with E-state index >= 15 is 0 Å². The van der Waals surface area contributed by atoms with Crippen LogP contribution in [0.25, 0.3) is 0 Å². The molecule has 1 fully saturated rings. The molecule has 0 saturated carbocycles. The number of amides is 1. The molecular weight excluding hydrogens is 354 g/mol. The van der Waals surface area contributed by atoms with Gasteiger partial charge in [-0.1, -0.05) is 29.8 Å². The topological polar surface area (TPSA) is 92.5 Å². The number of nitrogens with zero attached hydrogens (tertiary/aromatic N) is 2. The molecule has 0 aliphatic carbocycles. The lowest BCUT2D eigenvalue weighted by molar-refractivity contribution is -0.121. The minimum atomic E-state index is -3.56. The lowest BCUT2D eigenvalue weighted by Gasteiger charge is -2.24. The van der Waals surface area contributed by atoms with E-state index in [0.717, 1.165) is 25.0 Å². The molecule has 2 heterocycles. The zero-order valence-corrected chi connectivity index (χ0v) is 15.5. The molecule has 1 N–H and O–H groups in total. The van der Waals surface area contributed by atoms with E-state index in [1.54, 1.807) is 43.3 Å². The Morgan fingerprint density at radius 3 is 2.77 bits per heavy atom. The van der Waals surface area contributed by atoms with Crippen molar-refractivity contribution in [3.63, 3.8) is 0 Å². The third-order valence-corrected chi connectivity index (χ3v) is 6.27. The molecule has 26 heavy (non-hydrogen) atoms. The number of aryl methyl sites for hydroxylation is 1. The van der Waals surface area contributed by atoms with E-state index in [0.29, 0.717) is 12.3 Å². The second kappa shape index (κ2) is 8.01. The fraction of sp³-hybridized carbons (Fsp3) is 0.444. The monoisotopic (exact) mass is 377 g/mol. The first-order chi connectivity index (χ1) is 12.4. The summed E-state index contributed by atoms with van der Waals surface area (Å²) in [6.07, 6.45) is 2.50. The van der Waals surface area contributed by atoms with Crippen molar-refractivity contribution in [2.75, 3.05) is 13.1 Å². The van der Waals surface area contributed by atoms with Crippen LogP contribution in [0.3, 0.4) is 0 Å². The minimum Gasteiger partial charge on any atom is -0.361 e. The average molecular weight is 377 g/mol. The van der Waals surface area contributed by atoms with Crippen molar-refractivity contribution in [3.05, 3.63) is 47.9 Å². The van der Waals surface area contributed by atoms with E-state index in [4.69, 9.17) is 4.52 Å². The number of hydrogen-bond acceptors (Lipinski definition) is 5. The second-order valence-corrected chi connectivity index (χ2v) is 8.49. The Morgan fingerprint density at radius 1 is 1.31 bits per heavy atom. The van der Waals surface area contributed by atoms with Gasteiger partial charge in [0.1, 0.15) is 5.76 Å². The van der Waals surface area contributed by atoms with Gasteiger partial charge in [-0.05, 0) is 31.9 Å². The molecular formula is C18H23N3O4S. The molecule has 1 saturated heterocycles. The number of nitrogens with one attached hydrogen (secondary N) is 1. The van der Waals surface area contributed by atoms with Gasteiger partial charge in [0.15, 0.2) is 0 Å². The van der Waals surface area contributed by atoms with Gasteiger partial charge in [0.2, 0.25) is 15.9 Å². The van der Waals surface area contributed by atoms with Gasteiger partial charge in [0, 0.05) is 25.2 Å². The quantitative estimate of drug-likeness (QED) is 0.859. The third-order valence-electron chi connectivity index (χ3n) is 4.39. The Labute approximate surface area is 153 Å². The van der Waals surface area contributed by atoms with Crippen LogP contribution in [0.15, 0.2) is 45.8 Å². The molecule has 7 nitrogen and oxygen atoms in total. The molecule has 1 aliphatic rings. The maximum absolute atomic E-state index is 12.9. The third kappa shape index (κ3) is 4.50. The van der Waals surface area contributed by atoms with E-state index in [-0.39, 0.29) is 29.8 Å². The first-order valence-electron chi connectivity index (χ1n) is 8.72. The number of carbonyl (C=O) groups is 1. The first-order valence-corrected chi connectivity index (χ1v) is 10.2. The highest BCUT2D eigenvalue weighted by Gasteiger charge is 2.29. The summed E-state index contributed by atoms with van der Waals surface area (Å²) in [7, 11) is -3.56. The fourth-order valence-corrected chi connectivity index (χ4v) is 4.67. The lowest BCUT2D eigenvalue weighted by atomic mass is 10.1. The van der Waals surface area contributed by atoms with Crippen LogP contribution in [0.2, 0.25) is 0 Å². The number of rotatable bonds is 5. The molecule has 0 radical (unpaired) electrons. The number of benzene rings is 1. The van der Waals surface area contributed by atoms with Gasteiger partial charge in [-0.3, -0.25) is 4.79 Å². The molecule has 8 heteroatoms. The number of carbonyl (C=O) groups excluding carboxylic acids is 1. The van der Waals surface area contributed by atoms with Crippen molar-refractivity contribution >= 4 is 15.9 Å². The van der Waals surface area contributed by atoms with Crippen LogP contribution in [0.5, 0.6) is 0 Å². The summed E-state index contributed by atoms with van der Waals surface area (Å²) in [6.45, 7) is 2.53. The van der Waals surface area contributed by atoms with Crippen molar-refractivity contribution in [2.45, 2.75) is 43.5 Å². The number of sulfonamides is 1. The summed E-state index contributed by atoms with van der Waals surface area (Å²) in [5.74, 6) is 0.312. The van der Waals surface area contributed by atoms with Gasteiger partial charge >= 0.3 is 0 Å². The summed E-state index contributed by atoms with van der Waals surface area (Å²) in [5, 5.41) is 6.70. The summed E-state index contributed by atoms with van der Waals surface area (Å²) in [5.41, 5.74) is 0.724. The predicted octanol–water partition coefficient (Wildman–Crippen LogP) is 1.89. The van der Waals surface area contributed by atoms with Gasteiger partial charge in [0.25, 0.3) is 0 Å². The molecule has 0 bridgehead atoms. The zero-order chi connectivity index (χ0) is 18.6. The molecule has 0 unspecified atom stereocenters. The second-order valence-electron chi connectivity index (χ2n) is 6.55. The van der Waals surface area contributed by atoms with Crippen LogP contribution in [-0.4, -0.2) is 42.9 Å².